The molecule has 1 aliphatic heterocycles. The second kappa shape index (κ2) is 6.63. The van der Waals surface area contributed by atoms with Crippen LogP contribution in [0.25, 0.3) is 0 Å². The second-order valence-corrected chi connectivity index (χ2v) is 4.87. The molecule has 1 unspecified atom stereocenters. The first-order valence-corrected chi connectivity index (χ1v) is 6.91. The monoisotopic (exact) mass is 262 g/mol. The van der Waals surface area contributed by atoms with E-state index in [4.69, 9.17) is 5.73 Å². The molecule has 0 radical (unpaired) electrons. The molecule has 0 saturated carbocycles. The van der Waals surface area contributed by atoms with Crippen molar-refractivity contribution in [2.45, 2.75) is 32.4 Å². The van der Waals surface area contributed by atoms with Crippen molar-refractivity contribution in [1.29, 1.82) is 0 Å². The third-order valence-electron chi connectivity index (χ3n) is 3.69. The molecule has 5 nitrogen and oxygen atoms in total. The number of nitrogens with zero attached hydrogens (tertiary/aromatic N) is 2. The van der Waals surface area contributed by atoms with E-state index in [9.17, 15) is 4.79 Å². The number of carbonyl (C=O) groups excluding carboxylic acids is 1. The van der Waals surface area contributed by atoms with Gasteiger partial charge in [0.2, 0.25) is 0 Å². The molecule has 1 fully saturated rings. The fraction of sp³-hybridized carbons (Fsp3) is 0.571. The lowest BCUT2D eigenvalue weighted by Crippen LogP contribution is -2.40. The first-order chi connectivity index (χ1) is 9.24. The number of nitrogens with two attached hydrogens (primary N) is 1. The predicted octanol–water partition coefficient (Wildman–Crippen LogP) is 0.754. The minimum absolute atomic E-state index is 0.0416. The van der Waals surface area contributed by atoms with Crippen LogP contribution in [0.15, 0.2) is 18.3 Å². The number of hydrogen-bond acceptors (Lipinski definition) is 4. The molecule has 1 amide bonds. The van der Waals surface area contributed by atoms with Crippen LogP contribution < -0.4 is 11.1 Å². The van der Waals surface area contributed by atoms with E-state index in [1.165, 1.54) is 12.8 Å². The third kappa shape index (κ3) is 3.52. The average molecular weight is 262 g/mol. The van der Waals surface area contributed by atoms with Gasteiger partial charge in [-0.2, -0.15) is 0 Å². The standard InChI is InChI=1S/C14H22N4O/c1-2-18-7-3-4-13(18)10-17-14(19)11-5-6-16-12(8-11)9-15/h5-6,8,13H,2-4,7,9-10,15H2,1H3,(H,17,19). The van der Waals surface area contributed by atoms with Gasteiger partial charge in [0.15, 0.2) is 0 Å². The fourth-order valence-corrected chi connectivity index (χ4v) is 2.59. The van der Waals surface area contributed by atoms with E-state index in [0.29, 0.717) is 24.7 Å². The molecule has 1 atom stereocenters. The van der Waals surface area contributed by atoms with Crippen molar-refractivity contribution in [2.24, 2.45) is 5.73 Å². The van der Waals surface area contributed by atoms with Crippen LogP contribution >= 0.6 is 0 Å². The molecule has 0 bridgehead atoms. The van der Waals surface area contributed by atoms with Crippen molar-refractivity contribution in [1.82, 2.24) is 15.2 Å². The first-order valence-electron chi connectivity index (χ1n) is 6.91. The van der Waals surface area contributed by atoms with Gasteiger partial charge in [-0.05, 0) is 38.1 Å². The molecule has 2 heterocycles. The molecule has 1 aliphatic rings. The summed E-state index contributed by atoms with van der Waals surface area (Å²) in [6.07, 6.45) is 4.02. The summed E-state index contributed by atoms with van der Waals surface area (Å²) >= 11 is 0. The number of likely N-dealkylation sites (N-methyl/N-ethyl adjacent to an activating group) is 1. The molecule has 5 heteroatoms. The molecule has 1 aromatic rings. The maximum absolute atomic E-state index is 12.1. The molecule has 1 aromatic heterocycles. The maximum Gasteiger partial charge on any atom is 0.251 e. The summed E-state index contributed by atoms with van der Waals surface area (Å²) < 4.78 is 0. The maximum atomic E-state index is 12.1. The highest BCUT2D eigenvalue weighted by Gasteiger charge is 2.23. The van der Waals surface area contributed by atoms with Crippen LogP contribution in [0.3, 0.4) is 0 Å². The normalized spacial score (nSPS) is 19.6. The number of pyridine rings is 1. The van der Waals surface area contributed by atoms with Gasteiger partial charge < -0.3 is 11.1 Å². The van der Waals surface area contributed by atoms with Gasteiger partial charge in [0.25, 0.3) is 5.91 Å². The second-order valence-electron chi connectivity index (χ2n) is 4.87. The van der Waals surface area contributed by atoms with E-state index in [1.54, 1.807) is 18.3 Å². The van der Waals surface area contributed by atoms with Crippen LogP contribution in [0.2, 0.25) is 0 Å². The molecule has 0 aromatic carbocycles. The summed E-state index contributed by atoms with van der Waals surface area (Å²) in [7, 11) is 0. The van der Waals surface area contributed by atoms with Gasteiger partial charge in [-0.25, -0.2) is 0 Å². The molecule has 104 valence electrons. The number of hydrogen-bond donors (Lipinski definition) is 2. The first kappa shape index (κ1) is 14.0. The SMILES string of the molecule is CCN1CCCC1CNC(=O)c1ccnc(CN)c1. The van der Waals surface area contributed by atoms with Crippen molar-refractivity contribution in [3.63, 3.8) is 0 Å². The van der Waals surface area contributed by atoms with Crippen LogP contribution in [0, 0.1) is 0 Å². The van der Waals surface area contributed by atoms with Crippen molar-refractivity contribution < 1.29 is 4.79 Å². The third-order valence-corrected chi connectivity index (χ3v) is 3.69. The summed E-state index contributed by atoms with van der Waals surface area (Å²) in [5.41, 5.74) is 6.90. The summed E-state index contributed by atoms with van der Waals surface area (Å²) in [6, 6.07) is 3.95. The molecule has 0 spiro atoms. The summed E-state index contributed by atoms with van der Waals surface area (Å²) in [4.78, 5) is 18.6. The summed E-state index contributed by atoms with van der Waals surface area (Å²) in [5, 5.41) is 3.01. The summed E-state index contributed by atoms with van der Waals surface area (Å²) in [6.45, 7) is 5.42. The van der Waals surface area contributed by atoms with Gasteiger partial charge in [0.1, 0.15) is 0 Å². The molecule has 3 N–H and O–H groups in total. The van der Waals surface area contributed by atoms with E-state index < -0.39 is 0 Å². The number of nitrogens with one attached hydrogen (secondary N) is 1. The quantitative estimate of drug-likeness (QED) is 0.821. The van der Waals surface area contributed by atoms with Crippen LogP contribution in [-0.2, 0) is 6.54 Å². The highest BCUT2D eigenvalue weighted by Crippen LogP contribution is 2.15. The zero-order valence-electron chi connectivity index (χ0n) is 11.4. The van der Waals surface area contributed by atoms with Crippen molar-refractivity contribution in [3.05, 3.63) is 29.6 Å². The van der Waals surface area contributed by atoms with Crippen LogP contribution in [0.5, 0.6) is 0 Å². The van der Waals surface area contributed by atoms with Crippen LogP contribution in [-0.4, -0.2) is 41.5 Å². The molecular formula is C14H22N4O. The lowest BCUT2D eigenvalue weighted by atomic mass is 10.2. The van der Waals surface area contributed by atoms with Crippen LogP contribution in [0.4, 0.5) is 0 Å². The Morgan fingerprint density at radius 2 is 2.47 bits per heavy atom. The smallest absolute Gasteiger partial charge is 0.251 e. The van der Waals surface area contributed by atoms with E-state index in [0.717, 1.165) is 18.8 Å². The predicted molar refractivity (Wildman–Crippen MR) is 74.7 cm³/mol. The Bertz CT molecular complexity index is 435. The Morgan fingerprint density at radius 3 is 3.21 bits per heavy atom. The van der Waals surface area contributed by atoms with Gasteiger partial charge in [-0.3, -0.25) is 14.7 Å². The Morgan fingerprint density at radius 1 is 1.63 bits per heavy atom. The van der Waals surface area contributed by atoms with Gasteiger partial charge >= 0.3 is 0 Å². The zero-order valence-corrected chi connectivity index (χ0v) is 11.4. The highest BCUT2D eigenvalue weighted by molar-refractivity contribution is 5.94. The average Bonchev–Trinajstić information content (AvgIpc) is 2.92. The fourth-order valence-electron chi connectivity index (χ4n) is 2.59. The number of carbonyl (C=O) groups is 1. The van der Waals surface area contributed by atoms with Crippen LogP contribution in [0.1, 0.15) is 35.8 Å². The van der Waals surface area contributed by atoms with Gasteiger partial charge in [0, 0.05) is 30.9 Å². The summed E-state index contributed by atoms with van der Waals surface area (Å²) in [5.74, 6) is -0.0416. The van der Waals surface area contributed by atoms with Gasteiger partial charge in [0.05, 0.1) is 5.69 Å². The minimum Gasteiger partial charge on any atom is -0.350 e. The minimum atomic E-state index is -0.0416. The lowest BCUT2D eigenvalue weighted by molar-refractivity contribution is 0.0941. The Hall–Kier alpha value is -1.46. The number of amides is 1. The van der Waals surface area contributed by atoms with Crippen molar-refractivity contribution in [3.8, 4) is 0 Å². The van der Waals surface area contributed by atoms with E-state index in [-0.39, 0.29) is 5.91 Å². The number of likely N-dealkylation sites (tertiary alicyclic amines) is 1. The van der Waals surface area contributed by atoms with E-state index in [1.807, 2.05) is 0 Å². The Balaban J connectivity index is 1.90. The lowest BCUT2D eigenvalue weighted by Gasteiger charge is -2.22. The highest BCUT2D eigenvalue weighted by atomic mass is 16.1. The molecule has 19 heavy (non-hydrogen) atoms. The van der Waals surface area contributed by atoms with Crippen molar-refractivity contribution >= 4 is 5.91 Å². The molecule has 1 saturated heterocycles. The number of rotatable bonds is 5. The largest absolute Gasteiger partial charge is 0.350 e. The van der Waals surface area contributed by atoms with Gasteiger partial charge in [-0.15, -0.1) is 0 Å². The van der Waals surface area contributed by atoms with Gasteiger partial charge in [-0.1, -0.05) is 6.92 Å². The Kier molecular flexibility index (Phi) is 4.87. The number of aromatic nitrogens is 1. The van der Waals surface area contributed by atoms with Crippen molar-refractivity contribution in [2.75, 3.05) is 19.6 Å². The molecular weight excluding hydrogens is 240 g/mol. The molecule has 0 aliphatic carbocycles. The van der Waals surface area contributed by atoms with E-state index in [2.05, 4.69) is 22.1 Å². The zero-order chi connectivity index (χ0) is 13.7. The Labute approximate surface area is 114 Å². The molecule has 2 rings (SSSR count). The van der Waals surface area contributed by atoms with E-state index >= 15 is 0 Å². The topological polar surface area (TPSA) is 71.2 Å².